The van der Waals surface area contributed by atoms with E-state index in [9.17, 15) is 9.90 Å². The molecule has 0 amide bonds. The van der Waals surface area contributed by atoms with E-state index in [1.54, 1.807) is 0 Å². The molecule has 2 rings (SSSR count). The molecule has 92 valence electrons. The highest BCUT2D eigenvalue weighted by Gasteiger charge is 2.38. The maximum absolute atomic E-state index is 12.0. The summed E-state index contributed by atoms with van der Waals surface area (Å²) in [5, 5.41) is 9.44. The second kappa shape index (κ2) is 5.28. The number of likely N-dealkylation sites (tertiary alicyclic amines) is 1. The van der Waals surface area contributed by atoms with E-state index < -0.39 is 0 Å². The van der Waals surface area contributed by atoms with Crippen molar-refractivity contribution in [2.75, 3.05) is 13.2 Å². The van der Waals surface area contributed by atoms with Gasteiger partial charge in [-0.3, -0.25) is 9.69 Å². The van der Waals surface area contributed by atoms with Crippen LogP contribution in [0.2, 0.25) is 0 Å². The number of aliphatic hydroxyl groups excluding tert-OH is 1. The minimum atomic E-state index is 0.101. The SMILES string of the molecule is CC1CCN(C2CCCCCC2=O)C1CO. The van der Waals surface area contributed by atoms with Crippen LogP contribution in [0.25, 0.3) is 0 Å². The number of ketones is 1. The van der Waals surface area contributed by atoms with Crippen molar-refractivity contribution in [3.8, 4) is 0 Å². The zero-order valence-corrected chi connectivity index (χ0v) is 10.2. The maximum atomic E-state index is 12.0. The zero-order valence-electron chi connectivity index (χ0n) is 10.2. The first-order valence-electron chi connectivity index (χ1n) is 6.63. The molecule has 3 atom stereocenters. The molecule has 0 aromatic rings. The summed E-state index contributed by atoms with van der Waals surface area (Å²) < 4.78 is 0. The van der Waals surface area contributed by atoms with Crippen molar-refractivity contribution < 1.29 is 9.90 Å². The third kappa shape index (κ3) is 2.30. The number of carbonyl (C=O) groups is 1. The fourth-order valence-corrected chi connectivity index (χ4v) is 3.20. The van der Waals surface area contributed by atoms with Crippen LogP contribution in [0.15, 0.2) is 0 Å². The van der Waals surface area contributed by atoms with Gasteiger partial charge in [-0.15, -0.1) is 0 Å². The third-order valence-electron chi connectivity index (χ3n) is 4.29. The Labute approximate surface area is 97.8 Å². The third-order valence-corrected chi connectivity index (χ3v) is 4.29. The monoisotopic (exact) mass is 225 g/mol. The van der Waals surface area contributed by atoms with Gasteiger partial charge in [-0.1, -0.05) is 19.8 Å². The van der Waals surface area contributed by atoms with Gasteiger partial charge in [0.2, 0.25) is 0 Å². The number of hydrogen-bond acceptors (Lipinski definition) is 3. The quantitative estimate of drug-likeness (QED) is 0.726. The van der Waals surface area contributed by atoms with Gasteiger partial charge in [-0.05, 0) is 31.7 Å². The highest BCUT2D eigenvalue weighted by Crippen LogP contribution is 2.29. The van der Waals surface area contributed by atoms with Crippen molar-refractivity contribution in [1.29, 1.82) is 0 Å². The van der Waals surface area contributed by atoms with E-state index in [1.165, 1.54) is 12.8 Å². The molecule has 3 heteroatoms. The molecule has 3 unspecified atom stereocenters. The standard InChI is InChI=1S/C13H23NO2/c1-10-7-8-14(12(10)9-15)11-5-3-2-4-6-13(11)16/h10-12,15H,2-9H2,1H3. The largest absolute Gasteiger partial charge is 0.395 e. The van der Waals surface area contributed by atoms with Crippen LogP contribution >= 0.6 is 0 Å². The minimum Gasteiger partial charge on any atom is -0.395 e. The molecule has 3 nitrogen and oxygen atoms in total. The Hall–Kier alpha value is -0.410. The summed E-state index contributed by atoms with van der Waals surface area (Å²) in [7, 11) is 0. The molecule has 0 aromatic carbocycles. The van der Waals surface area contributed by atoms with Gasteiger partial charge < -0.3 is 5.11 Å². The number of rotatable bonds is 2. The molecular weight excluding hydrogens is 202 g/mol. The van der Waals surface area contributed by atoms with Crippen LogP contribution in [-0.2, 0) is 4.79 Å². The van der Waals surface area contributed by atoms with E-state index in [1.807, 2.05) is 0 Å². The van der Waals surface area contributed by atoms with Gasteiger partial charge in [0.05, 0.1) is 12.6 Å². The van der Waals surface area contributed by atoms with Gasteiger partial charge in [0, 0.05) is 12.5 Å². The summed E-state index contributed by atoms with van der Waals surface area (Å²) in [6, 6.07) is 0.316. The van der Waals surface area contributed by atoms with Gasteiger partial charge in [0.1, 0.15) is 5.78 Å². The van der Waals surface area contributed by atoms with E-state index in [4.69, 9.17) is 0 Å². The van der Waals surface area contributed by atoms with E-state index in [0.29, 0.717) is 11.7 Å². The molecule has 2 aliphatic rings. The minimum absolute atomic E-state index is 0.101. The van der Waals surface area contributed by atoms with Crippen molar-refractivity contribution >= 4 is 5.78 Å². The van der Waals surface area contributed by atoms with Gasteiger partial charge in [0.15, 0.2) is 0 Å². The van der Waals surface area contributed by atoms with Crippen molar-refractivity contribution in [2.45, 2.75) is 57.5 Å². The van der Waals surface area contributed by atoms with Crippen LogP contribution in [0.4, 0.5) is 0 Å². The van der Waals surface area contributed by atoms with Gasteiger partial charge in [-0.2, -0.15) is 0 Å². The molecule has 1 aliphatic carbocycles. The van der Waals surface area contributed by atoms with Crippen LogP contribution in [0, 0.1) is 5.92 Å². The number of carbonyl (C=O) groups excluding carboxylic acids is 1. The first-order chi connectivity index (χ1) is 7.74. The maximum Gasteiger partial charge on any atom is 0.149 e. The molecule has 0 spiro atoms. The molecule has 1 aliphatic heterocycles. The first-order valence-corrected chi connectivity index (χ1v) is 6.63. The molecular formula is C13H23NO2. The Morgan fingerprint density at radius 3 is 2.88 bits per heavy atom. The Morgan fingerprint density at radius 2 is 2.12 bits per heavy atom. The molecule has 1 saturated heterocycles. The highest BCUT2D eigenvalue weighted by atomic mass is 16.3. The van der Waals surface area contributed by atoms with Crippen molar-refractivity contribution in [3.63, 3.8) is 0 Å². The van der Waals surface area contributed by atoms with Crippen molar-refractivity contribution in [1.82, 2.24) is 4.90 Å². The van der Waals surface area contributed by atoms with Crippen molar-refractivity contribution in [3.05, 3.63) is 0 Å². The summed E-state index contributed by atoms with van der Waals surface area (Å²) in [4.78, 5) is 14.3. The normalized spacial score (nSPS) is 37.6. The van der Waals surface area contributed by atoms with Crippen LogP contribution in [0.1, 0.15) is 45.4 Å². The lowest BCUT2D eigenvalue weighted by Crippen LogP contribution is -2.46. The Balaban J connectivity index is 2.07. The van der Waals surface area contributed by atoms with Crippen LogP contribution in [-0.4, -0.2) is 41.0 Å². The molecule has 2 fully saturated rings. The lowest BCUT2D eigenvalue weighted by Gasteiger charge is -2.31. The molecule has 0 radical (unpaired) electrons. The predicted molar refractivity (Wildman–Crippen MR) is 63.2 cm³/mol. The molecule has 1 saturated carbocycles. The van der Waals surface area contributed by atoms with Crippen LogP contribution in [0.5, 0.6) is 0 Å². The Kier molecular flexibility index (Phi) is 3.98. The van der Waals surface area contributed by atoms with Gasteiger partial charge >= 0.3 is 0 Å². The van der Waals surface area contributed by atoms with Gasteiger partial charge in [-0.25, -0.2) is 0 Å². The topological polar surface area (TPSA) is 40.5 Å². The summed E-state index contributed by atoms with van der Waals surface area (Å²) in [6.07, 6.45) is 6.28. The molecule has 1 N–H and O–H groups in total. The van der Waals surface area contributed by atoms with E-state index >= 15 is 0 Å². The number of Topliss-reactive ketones (excluding diaryl/α,β-unsaturated/α-hetero) is 1. The first kappa shape index (κ1) is 12.1. The summed E-state index contributed by atoms with van der Waals surface area (Å²) in [6.45, 7) is 3.37. The average Bonchev–Trinajstić information content (AvgIpc) is 2.50. The molecule has 0 aromatic heterocycles. The summed E-state index contributed by atoms with van der Waals surface area (Å²) in [5.41, 5.74) is 0. The molecule has 0 bridgehead atoms. The van der Waals surface area contributed by atoms with Crippen LogP contribution in [0.3, 0.4) is 0 Å². The zero-order chi connectivity index (χ0) is 11.5. The van der Waals surface area contributed by atoms with E-state index in [0.717, 1.165) is 32.2 Å². The number of aliphatic hydroxyl groups is 1. The van der Waals surface area contributed by atoms with Crippen LogP contribution < -0.4 is 0 Å². The number of hydrogen-bond donors (Lipinski definition) is 1. The lowest BCUT2D eigenvalue weighted by atomic mass is 10.0. The van der Waals surface area contributed by atoms with E-state index in [2.05, 4.69) is 11.8 Å². The summed E-state index contributed by atoms with van der Waals surface area (Å²) in [5.74, 6) is 0.936. The van der Waals surface area contributed by atoms with Crippen molar-refractivity contribution in [2.24, 2.45) is 5.92 Å². The molecule has 1 heterocycles. The fraction of sp³-hybridized carbons (Fsp3) is 0.923. The highest BCUT2D eigenvalue weighted by molar-refractivity contribution is 5.84. The predicted octanol–water partition coefficient (Wildman–Crippen LogP) is 1.59. The number of nitrogens with zero attached hydrogens (tertiary/aromatic N) is 1. The second-order valence-electron chi connectivity index (χ2n) is 5.34. The Morgan fingerprint density at radius 1 is 1.31 bits per heavy atom. The average molecular weight is 225 g/mol. The van der Waals surface area contributed by atoms with Gasteiger partial charge in [0.25, 0.3) is 0 Å². The smallest absolute Gasteiger partial charge is 0.149 e. The Bertz CT molecular complexity index is 254. The molecule has 16 heavy (non-hydrogen) atoms. The van der Waals surface area contributed by atoms with E-state index in [-0.39, 0.29) is 18.7 Å². The summed E-state index contributed by atoms with van der Waals surface area (Å²) >= 11 is 0. The second-order valence-corrected chi connectivity index (χ2v) is 5.34. The lowest BCUT2D eigenvalue weighted by molar-refractivity contribution is -0.125. The fourth-order valence-electron chi connectivity index (χ4n) is 3.20.